The molecule has 0 bridgehead atoms. The molecule has 384 valence electrons. The number of nitrogens with one attached hydrogen (secondary N) is 1. The highest BCUT2D eigenvalue weighted by atomic mass is 16.3. The minimum Gasteiger partial charge on any atom is -0.394 e. The van der Waals surface area contributed by atoms with Crippen molar-refractivity contribution in [2.75, 3.05) is 6.61 Å². The smallest absolute Gasteiger partial charge is 0.220 e. The van der Waals surface area contributed by atoms with Crippen molar-refractivity contribution >= 4 is 5.91 Å². The topological polar surface area (TPSA) is 69.6 Å². The zero-order valence-electron chi connectivity index (χ0n) is 44.3. The summed E-state index contributed by atoms with van der Waals surface area (Å²) in [5.74, 6) is -0.0712. The lowest BCUT2D eigenvalue weighted by atomic mass is 10.0. The van der Waals surface area contributed by atoms with E-state index in [0.29, 0.717) is 6.42 Å². The zero-order chi connectivity index (χ0) is 47.0. The normalized spacial score (nSPS) is 13.0. The fourth-order valence-corrected chi connectivity index (χ4v) is 9.33. The van der Waals surface area contributed by atoms with Crippen LogP contribution in [0.1, 0.15) is 328 Å². The molecule has 0 spiro atoms. The number of hydrogen-bond donors (Lipinski definition) is 3. The Morgan fingerprint density at radius 3 is 0.892 bits per heavy atom. The van der Waals surface area contributed by atoms with Gasteiger partial charge in [-0.2, -0.15) is 0 Å². The maximum atomic E-state index is 12.5. The molecule has 65 heavy (non-hydrogen) atoms. The number of aliphatic hydroxyl groups is 2. The standard InChI is InChI=1S/C61H117NO3/c1-3-5-7-9-11-13-15-17-19-21-23-25-27-29-30-31-33-35-37-39-41-43-45-47-49-51-53-55-57-61(65)62-59(58-63)60(64)56-54-52-50-48-46-44-42-40-38-36-34-32-28-26-24-22-20-18-16-14-12-10-8-6-4-2/h38,40,46,48,54,56,59-60,63-64H,3-37,39,41-45,47,49-53,55,57-58H2,1-2H3,(H,62,65)/b40-38+,48-46+,56-54+. The van der Waals surface area contributed by atoms with Crippen LogP contribution in [0.5, 0.6) is 0 Å². The van der Waals surface area contributed by atoms with Crippen molar-refractivity contribution in [3.63, 3.8) is 0 Å². The first-order valence-corrected chi connectivity index (χ1v) is 29.7. The largest absolute Gasteiger partial charge is 0.394 e. The third kappa shape index (κ3) is 53.4. The molecule has 4 heteroatoms. The first kappa shape index (κ1) is 63.6. The SMILES string of the molecule is CCCCCCCCCCCCCCCCC/C=C/CC/C=C/CC/C=C/C(O)C(CO)NC(=O)CCCCCCCCCCCCCCCCCCCCCCCCCCCCCC. The number of amides is 1. The lowest BCUT2D eigenvalue weighted by molar-refractivity contribution is -0.123. The Morgan fingerprint density at radius 1 is 0.354 bits per heavy atom. The maximum Gasteiger partial charge on any atom is 0.220 e. The number of unbranched alkanes of at least 4 members (excludes halogenated alkanes) is 44. The van der Waals surface area contributed by atoms with Crippen LogP contribution >= 0.6 is 0 Å². The summed E-state index contributed by atoms with van der Waals surface area (Å²) < 4.78 is 0. The second-order valence-electron chi connectivity index (χ2n) is 20.4. The highest BCUT2D eigenvalue weighted by Crippen LogP contribution is 2.18. The molecule has 0 aromatic heterocycles. The summed E-state index contributed by atoms with van der Waals surface area (Å²) in [6, 6.07) is -0.644. The molecule has 0 radical (unpaired) electrons. The molecule has 2 atom stereocenters. The van der Waals surface area contributed by atoms with Crippen molar-refractivity contribution < 1.29 is 15.0 Å². The molecule has 0 aromatic carbocycles. The van der Waals surface area contributed by atoms with E-state index >= 15 is 0 Å². The monoisotopic (exact) mass is 912 g/mol. The number of carbonyl (C=O) groups is 1. The molecule has 3 N–H and O–H groups in total. The number of hydrogen-bond acceptors (Lipinski definition) is 3. The highest BCUT2D eigenvalue weighted by Gasteiger charge is 2.18. The minimum absolute atomic E-state index is 0.0712. The molecule has 0 heterocycles. The van der Waals surface area contributed by atoms with Gasteiger partial charge in [-0.15, -0.1) is 0 Å². The molecule has 0 aliphatic rings. The van der Waals surface area contributed by atoms with Crippen LogP contribution < -0.4 is 5.32 Å². The molecule has 0 saturated heterocycles. The Hall–Kier alpha value is -1.39. The zero-order valence-corrected chi connectivity index (χ0v) is 44.3. The summed E-state index contributed by atoms with van der Waals surface area (Å²) in [6.45, 7) is 4.33. The van der Waals surface area contributed by atoms with Crippen molar-refractivity contribution in [2.45, 2.75) is 341 Å². The van der Waals surface area contributed by atoms with E-state index in [0.717, 1.165) is 38.5 Å². The predicted octanol–water partition coefficient (Wildman–Crippen LogP) is 19.6. The van der Waals surface area contributed by atoms with E-state index in [4.69, 9.17) is 0 Å². The van der Waals surface area contributed by atoms with Crippen molar-refractivity contribution in [1.82, 2.24) is 5.32 Å². The number of rotatable bonds is 55. The molecule has 0 aliphatic heterocycles. The van der Waals surface area contributed by atoms with Gasteiger partial charge in [0, 0.05) is 6.42 Å². The summed E-state index contributed by atoms with van der Waals surface area (Å²) in [5, 5.41) is 23.2. The van der Waals surface area contributed by atoms with Crippen molar-refractivity contribution in [3.05, 3.63) is 36.5 Å². The van der Waals surface area contributed by atoms with Gasteiger partial charge in [0.1, 0.15) is 0 Å². The van der Waals surface area contributed by atoms with Gasteiger partial charge in [0.15, 0.2) is 0 Å². The summed E-state index contributed by atoms with van der Waals surface area (Å²) in [4.78, 5) is 12.5. The Kier molecular flexibility index (Phi) is 55.7. The van der Waals surface area contributed by atoms with Gasteiger partial charge in [0.25, 0.3) is 0 Å². The molecule has 1 amide bonds. The molecule has 0 aliphatic carbocycles. The highest BCUT2D eigenvalue weighted by molar-refractivity contribution is 5.76. The quantitative estimate of drug-likeness (QED) is 0.0421. The van der Waals surface area contributed by atoms with E-state index in [1.807, 2.05) is 6.08 Å². The second-order valence-corrected chi connectivity index (χ2v) is 20.4. The van der Waals surface area contributed by atoms with Crippen LogP contribution in [-0.4, -0.2) is 34.9 Å². The van der Waals surface area contributed by atoms with E-state index in [9.17, 15) is 15.0 Å². The van der Waals surface area contributed by atoms with Crippen LogP contribution in [0.4, 0.5) is 0 Å². The van der Waals surface area contributed by atoms with Crippen molar-refractivity contribution in [1.29, 1.82) is 0 Å². The Balaban J connectivity index is 3.50. The molecular formula is C61H117NO3. The summed E-state index contributed by atoms with van der Waals surface area (Å²) in [7, 11) is 0. The molecule has 0 rings (SSSR count). The van der Waals surface area contributed by atoms with Crippen LogP contribution in [0.25, 0.3) is 0 Å². The van der Waals surface area contributed by atoms with Gasteiger partial charge in [0.05, 0.1) is 18.8 Å². The van der Waals surface area contributed by atoms with E-state index in [-0.39, 0.29) is 12.5 Å². The summed E-state index contributed by atoms with van der Waals surface area (Å²) >= 11 is 0. The third-order valence-corrected chi connectivity index (χ3v) is 13.9. The van der Waals surface area contributed by atoms with E-state index in [1.165, 1.54) is 270 Å². The van der Waals surface area contributed by atoms with Gasteiger partial charge in [-0.1, -0.05) is 314 Å². The van der Waals surface area contributed by atoms with Gasteiger partial charge >= 0.3 is 0 Å². The Morgan fingerprint density at radius 2 is 0.600 bits per heavy atom. The van der Waals surface area contributed by atoms with Crippen LogP contribution in [0, 0.1) is 0 Å². The summed E-state index contributed by atoms with van der Waals surface area (Å²) in [5.41, 5.74) is 0. The predicted molar refractivity (Wildman–Crippen MR) is 290 cm³/mol. The lowest BCUT2D eigenvalue weighted by Gasteiger charge is -2.19. The number of carbonyl (C=O) groups excluding carboxylic acids is 1. The van der Waals surface area contributed by atoms with E-state index in [2.05, 4.69) is 43.5 Å². The van der Waals surface area contributed by atoms with Gasteiger partial charge in [-0.05, 0) is 44.9 Å². The van der Waals surface area contributed by atoms with E-state index in [1.54, 1.807) is 6.08 Å². The van der Waals surface area contributed by atoms with Crippen LogP contribution in [0.2, 0.25) is 0 Å². The minimum atomic E-state index is -0.869. The molecule has 0 fully saturated rings. The molecule has 0 saturated carbocycles. The lowest BCUT2D eigenvalue weighted by Crippen LogP contribution is -2.45. The fraction of sp³-hybridized carbons (Fsp3) is 0.885. The number of allylic oxidation sites excluding steroid dienone is 5. The first-order chi connectivity index (χ1) is 32.2. The van der Waals surface area contributed by atoms with Crippen LogP contribution in [0.15, 0.2) is 36.5 Å². The number of aliphatic hydroxyl groups excluding tert-OH is 2. The van der Waals surface area contributed by atoms with E-state index < -0.39 is 12.1 Å². The van der Waals surface area contributed by atoms with Crippen molar-refractivity contribution in [2.24, 2.45) is 0 Å². The maximum absolute atomic E-state index is 12.5. The van der Waals surface area contributed by atoms with Gasteiger partial charge in [-0.3, -0.25) is 4.79 Å². The molecule has 4 nitrogen and oxygen atoms in total. The second kappa shape index (κ2) is 56.9. The summed E-state index contributed by atoms with van der Waals surface area (Å²) in [6.07, 6.45) is 77.6. The van der Waals surface area contributed by atoms with Gasteiger partial charge in [0.2, 0.25) is 5.91 Å². The Labute approximate surface area is 408 Å². The molecule has 2 unspecified atom stereocenters. The van der Waals surface area contributed by atoms with Gasteiger partial charge in [-0.25, -0.2) is 0 Å². The van der Waals surface area contributed by atoms with Gasteiger partial charge < -0.3 is 15.5 Å². The third-order valence-electron chi connectivity index (χ3n) is 13.9. The van der Waals surface area contributed by atoms with Crippen LogP contribution in [-0.2, 0) is 4.79 Å². The van der Waals surface area contributed by atoms with Crippen LogP contribution in [0.3, 0.4) is 0 Å². The molecule has 0 aromatic rings. The average Bonchev–Trinajstić information content (AvgIpc) is 3.31. The fourth-order valence-electron chi connectivity index (χ4n) is 9.33. The first-order valence-electron chi connectivity index (χ1n) is 29.7. The Bertz CT molecular complexity index is 989. The van der Waals surface area contributed by atoms with Crippen molar-refractivity contribution in [3.8, 4) is 0 Å². The average molecular weight is 913 g/mol. The molecular weight excluding hydrogens is 795 g/mol.